The molecule has 0 radical (unpaired) electrons. The predicted octanol–water partition coefficient (Wildman–Crippen LogP) is 3.03. The van der Waals surface area contributed by atoms with Crippen LogP contribution in [0.4, 0.5) is 4.79 Å². The number of nitrogens with one attached hydrogen (secondary N) is 2. The Bertz CT molecular complexity index is 570. The van der Waals surface area contributed by atoms with Crippen LogP contribution in [0, 0.1) is 11.8 Å². The van der Waals surface area contributed by atoms with Crippen LogP contribution in [0.5, 0.6) is 0 Å². The number of hydrogen-bond acceptors (Lipinski definition) is 3. The largest absolute Gasteiger partial charge is 0.444 e. The van der Waals surface area contributed by atoms with Crippen molar-refractivity contribution in [3.05, 3.63) is 35.4 Å². The van der Waals surface area contributed by atoms with E-state index in [0.29, 0.717) is 5.92 Å². The van der Waals surface area contributed by atoms with E-state index in [1.807, 2.05) is 20.8 Å². The third kappa shape index (κ3) is 6.33. The molecule has 4 heteroatoms. The van der Waals surface area contributed by atoms with Crippen LogP contribution in [-0.4, -0.2) is 31.3 Å². The van der Waals surface area contributed by atoms with E-state index in [1.165, 1.54) is 18.4 Å². The molecule has 1 fully saturated rings. The summed E-state index contributed by atoms with van der Waals surface area (Å²) in [5.74, 6) is 6.67. The summed E-state index contributed by atoms with van der Waals surface area (Å²) in [6.45, 7) is 7.99. The molecule has 2 N–H and O–H groups in total. The Balaban J connectivity index is 1.81. The number of hydrogen-bond donors (Lipinski definition) is 2. The fourth-order valence-electron chi connectivity index (χ4n) is 2.57. The van der Waals surface area contributed by atoms with Crippen LogP contribution in [0.25, 0.3) is 0 Å². The number of alkyl carbamates (subject to hydrolysis) is 1. The lowest BCUT2D eigenvalue weighted by Crippen LogP contribution is -2.32. The highest BCUT2D eigenvalue weighted by Gasteiger charge is 2.15. The summed E-state index contributed by atoms with van der Waals surface area (Å²) in [7, 11) is 0. The number of carbonyl (C=O) groups excluding carboxylic acids is 1. The number of benzene rings is 1. The first-order valence-electron chi connectivity index (χ1n) is 8.20. The molecule has 1 heterocycles. The van der Waals surface area contributed by atoms with E-state index >= 15 is 0 Å². The molecule has 1 aromatic carbocycles. The predicted molar refractivity (Wildman–Crippen MR) is 92.4 cm³/mol. The van der Waals surface area contributed by atoms with Crippen molar-refractivity contribution >= 4 is 6.09 Å². The number of carbonyl (C=O) groups is 1. The van der Waals surface area contributed by atoms with E-state index in [2.05, 4.69) is 46.7 Å². The van der Waals surface area contributed by atoms with Crippen molar-refractivity contribution in [2.24, 2.45) is 0 Å². The molecule has 0 atom stereocenters. The first-order chi connectivity index (χ1) is 10.9. The van der Waals surface area contributed by atoms with E-state index in [4.69, 9.17) is 4.74 Å². The highest BCUT2D eigenvalue weighted by Crippen LogP contribution is 2.24. The van der Waals surface area contributed by atoms with E-state index in [0.717, 1.165) is 18.7 Å². The minimum absolute atomic E-state index is 0.283. The van der Waals surface area contributed by atoms with Crippen molar-refractivity contribution in [1.82, 2.24) is 10.6 Å². The highest BCUT2D eigenvalue weighted by molar-refractivity contribution is 5.68. The SMILES string of the molecule is CC(C)(C)OC(=O)NCC#Cc1ccc(C2CCNCC2)cc1. The molecule has 0 bridgehead atoms. The molecule has 1 saturated heterocycles. The van der Waals surface area contributed by atoms with Crippen molar-refractivity contribution in [2.45, 2.75) is 45.1 Å². The molecule has 4 nitrogen and oxygen atoms in total. The van der Waals surface area contributed by atoms with Gasteiger partial charge in [0, 0.05) is 5.56 Å². The summed E-state index contributed by atoms with van der Waals surface area (Å²) in [6, 6.07) is 8.44. The molecular formula is C19H26N2O2. The van der Waals surface area contributed by atoms with E-state index < -0.39 is 11.7 Å². The van der Waals surface area contributed by atoms with Gasteiger partial charge in [-0.05, 0) is 70.3 Å². The van der Waals surface area contributed by atoms with Crippen LogP contribution >= 0.6 is 0 Å². The molecule has 1 aliphatic rings. The number of amides is 1. The third-order valence-corrected chi connectivity index (χ3v) is 3.67. The highest BCUT2D eigenvalue weighted by atomic mass is 16.6. The third-order valence-electron chi connectivity index (χ3n) is 3.67. The van der Waals surface area contributed by atoms with Crippen molar-refractivity contribution in [1.29, 1.82) is 0 Å². The Morgan fingerprint density at radius 1 is 1.26 bits per heavy atom. The fourth-order valence-corrected chi connectivity index (χ4v) is 2.57. The Morgan fingerprint density at radius 2 is 1.91 bits per heavy atom. The van der Waals surface area contributed by atoms with Gasteiger partial charge in [-0.2, -0.15) is 0 Å². The zero-order valence-corrected chi connectivity index (χ0v) is 14.2. The Kier molecular flexibility index (Phi) is 6.06. The average Bonchev–Trinajstić information content (AvgIpc) is 2.51. The van der Waals surface area contributed by atoms with Crippen molar-refractivity contribution in [3.63, 3.8) is 0 Å². The average molecular weight is 314 g/mol. The van der Waals surface area contributed by atoms with Gasteiger partial charge < -0.3 is 15.4 Å². The molecule has 0 aliphatic carbocycles. The summed E-state index contributed by atoms with van der Waals surface area (Å²) < 4.78 is 5.15. The van der Waals surface area contributed by atoms with Crippen molar-refractivity contribution < 1.29 is 9.53 Å². The Hall–Kier alpha value is -1.99. The van der Waals surface area contributed by atoms with Gasteiger partial charge in [-0.15, -0.1) is 0 Å². The number of piperidine rings is 1. The lowest BCUT2D eigenvalue weighted by atomic mass is 9.90. The van der Waals surface area contributed by atoms with Crippen molar-refractivity contribution in [3.8, 4) is 11.8 Å². The second-order valence-electron chi connectivity index (χ2n) is 6.80. The lowest BCUT2D eigenvalue weighted by Gasteiger charge is -2.22. The molecule has 1 aliphatic heterocycles. The van der Waals surface area contributed by atoms with E-state index in [9.17, 15) is 4.79 Å². The summed E-state index contributed by atoms with van der Waals surface area (Å²) in [6.07, 6.45) is 1.96. The number of ether oxygens (including phenoxy) is 1. The molecule has 0 unspecified atom stereocenters. The summed E-state index contributed by atoms with van der Waals surface area (Å²) in [5.41, 5.74) is 1.87. The van der Waals surface area contributed by atoms with Gasteiger partial charge in [-0.25, -0.2) is 4.79 Å². The van der Waals surface area contributed by atoms with Crippen LogP contribution in [0.3, 0.4) is 0 Å². The van der Waals surface area contributed by atoms with Crippen LogP contribution in [0.1, 0.15) is 50.7 Å². The summed E-state index contributed by atoms with van der Waals surface area (Å²) in [4.78, 5) is 11.5. The Morgan fingerprint density at radius 3 is 2.52 bits per heavy atom. The maximum absolute atomic E-state index is 11.5. The van der Waals surface area contributed by atoms with Crippen molar-refractivity contribution in [2.75, 3.05) is 19.6 Å². The lowest BCUT2D eigenvalue weighted by molar-refractivity contribution is 0.0535. The van der Waals surface area contributed by atoms with Gasteiger partial charge in [0.05, 0.1) is 6.54 Å². The molecule has 0 aromatic heterocycles. The smallest absolute Gasteiger partial charge is 0.408 e. The molecule has 0 spiro atoms. The minimum Gasteiger partial charge on any atom is -0.444 e. The zero-order valence-electron chi connectivity index (χ0n) is 14.2. The summed E-state index contributed by atoms with van der Waals surface area (Å²) in [5, 5.41) is 6.02. The van der Waals surface area contributed by atoms with E-state index in [-0.39, 0.29) is 6.54 Å². The van der Waals surface area contributed by atoms with Gasteiger partial charge in [-0.1, -0.05) is 24.0 Å². The minimum atomic E-state index is -0.484. The fraction of sp³-hybridized carbons (Fsp3) is 0.526. The van der Waals surface area contributed by atoms with Gasteiger partial charge in [0.1, 0.15) is 5.60 Å². The number of rotatable bonds is 2. The molecule has 2 rings (SSSR count). The standard InChI is InChI=1S/C19H26N2O2/c1-19(2,3)23-18(22)21-12-4-5-15-6-8-16(9-7-15)17-10-13-20-14-11-17/h6-9,17,20H,10-14H2,1-3H3,(H,21,22). The van der Waals surface area contributed by atoms with Gasteiger partial charge >= 0.3 is 6.09 Å². The van der Waals surface area contributed by atoms with Gasteiger partial charge in [0.15, 0.2) is 0 Å². The topological polar surface area (TPSA) is 50.4 Å². The normalized spacial score (nSPS) is 15.4. The second kappa shape index (κ2) is 8.03. The maximum Gasteiger partial charge on any atom is 0.408 e. The molecular weight excluding hydrogens is 288 g/mol. The Labute approximate surface area is 139 Å². The maximum atomic E-state index is 11.5. The van der Waals surface area contributed by atoms with Crippen LogP contribution in [0.15, 0.2) is 24.3 Å². The first kappa shape index (κ1) is 17.4. The van der Waals surface area contributed by atoms with Crippen LogP contribution in [-0.2, 0) is 4.74 Å². The van der Waals surface area contributed by atoms with E-state index in [1.54, 1.807) is 0 Å². The first-order valence-corrected chi connectivity index (χ1v) is 8.20. The quantitative estimate of drug-likeness (QED) is 0.825. The molecule has 23 heavy (non-hydrogen) atoms. The molecule has 124 valence electrons. The van der Waals surface area contributed by atoms with Gasteiger partial charge in [0.25, 0.3) is 0 Å². The van der Waals surface area contributed by atoms with Crippen LogP contribution < -0.4 is 10.6 Å². The summed E-state index contributed by atoms with van der Waals surface area (Å²) >= 11 is 0. The van der Waals surface area contributed by atoms with Crippen LogP contribution in [0.2, 0.25) is 0 Å². The monoisotopic (exact) mass is 314 g/mol. The molecule has 1 aromatic rings. The molecule has 1 amide bonds. The second-order valence-corrected chi connectivity index (χ2v) is 6.80. The zero-order chi connectivity index (χ0) is 16.7. The van der Waals surface area contributed by atoms with Gasteiger partial charge in [0.2, 0.25) is 0 Å². The van der Waals surface area contributed by atoms with Gasteiger partial charge in [-0.3, -0.25) is 0 Å². The molecule has 0 saturated carbocycles.